The molecule has 0 aliphatic carbocycles. The summed E-state index contributed by atoms with van der Waals surface area (Å²) in [6, 6.07) is -0.500. The second-order valence-corrected chi connectivity index (χ2v) is 11.6. The fourth-order valence-electron chi connectivity index (χ4n) is 4.34. The minimum atomic E-state index is -1.52. The number of ketones is 1. The van der Waals surface area contributed by atoms with Crippen LogP contribution in [-0.4, -0.2) is 84.8 Å². The third-order valence-corrected chi connectivity index (χ3v) is 8.29. The first-order chi connectivity index (χ1) is 21.3. The number of aromatic nitrogens is 4. The van der Waals surface area contributed by atoms with Crippen molar-refractivity contribution in [3.8, 4) is 0 Å². The molecule has 4 heterocycles. The van der Waals surface area contributed by atoms with Gasteiger partial charge in [-0.3, -0.25) is 19.8 Å². The van der Waals surface area contributed by atoms with Gasteiger partial charge in [-0.1, -0.05) is 5.16 Å². The maximum absolute atomic E-state index is 13.2. The number of anilines is 3. The number of nitrogen functional groups attached to an aromatic ring is 2. The molecule has 2 aromatic heterocycles. The zero-order valence-corrected chi connectivity index (χ0v) is 26.0. The van der Waals surface area contributed by atoms with Gasteiger partial charge in [-0.25, -0.2) is 4.79 Å². The molecule has 8 N–H and O–H groups in total. The zero-order chi connectivity index (χ0) is 33.4. The normalized spacial score (nSPS) is 17.5. The standard InChI is InChI=1S/C23H31N11O6S2.CO2/c1-10(2)40-30-15(18-29-22(26)42-31-18)14(35)6-12-19(36)34-16(21(37)38)11(9-41-20(12)34)7-33-8-13(17(25)32(33)3)28-23(39)27-5-4-24;2-1-3/h8,10,12,20,25H,4-7,9,24H2,1-3H3,(H5,26,27,28,29,31,37,38,39);/b30-15-;/t12-,20-;/m1./s1. The van der Waals surface area contributed by atoms with Gasteiger partial charge in [0.1, 0.15) is 6.10 Å². The molecular formula is C24H31N11O8S2. The van der Waals surface area contributed by atoms with Gasteiger partial charge < -0.3 is 37.3 Å². The smallest absolute Gasteiger partial charge is 0.373 e. The van der Waals surface area contributed by atoms with Crippen LogP contribution < -0.4 is 37.6 Å². The number of carbonyl (C=O) groups excluding carboxylic acids is 6. The summed E-state index contributed by atoms with van der Waals surface area (Å²) in [4.78, 5) is 77.4. The number of amides is 3. The van der Waals surface area contributed by atoms with E-state index in [9.17, 15) is 24.3 Å². The number of β-lactam (4-membered cyclic amide) rings is 1. The highest BCUT2D eigenvalue weighted by Gasteiger charge is 2.53. The summed E-state index contributed by atoms with van der Waals surface area (Å²) in [5.41, 5.74) is 17.5. The second kappa shape index (κ2) is 15.2. The summed E-state index contributed by atoms with van der Waals surface area (Å²) >= 11 is 2.21. The van der Waals surface area contributed by atoms with Gasteiger partial charge in [0.05, 0.1) is 30.0 Å². The maximum atomic E-state index is 13.2. The Kier molecular flexibility index (Phi) is 11.7. The first kappa shape index (κ1) is 34.6. The van der Waals surface area contributed by atoms with Gasteiger partial charge >= 0.3 is 12.2 Å². The van der Waals surface area contributed by atoms with Crippen molar-refractivity contribution >= 4 is 75.5 Å². The van der Waals surface area contributed by atoms with Gasteiger partial charge in [-0.15, -0.1) is 21.1 Å². The Hall–Kier alpha value is -4.85. The number of urea groups is 1. The number of fused-ring (bicyclic) bond motifs is 1. The monoisotopic (exact) mass is 665 g/mol. The highest BCUT2D eigenvalue weighted by molar-refractivity contribution is 8.00. The Morgan fingerprint density at radius 2 is 2.00 bits per heavy atom. The summed E-state index contributed by atoms with van der Waals surface area (Å²) in [7, 11) is 1.64. The number of hydrogen-bond donors (Lipinski definition) is 5. The molecule has 0 radical (unpaired) electrons. The van der Waals surface area contributed by atoms with Crippen molar-refractivity contribution in [2.75, 3.05) is 35.6 Å². The number of hydrogen-bond acceptors (Lipinski definition) is 16. The topological polar surface area (TPSA) is 287 Å². The van der Waals surface area contributed by atoms with E-state index >= 15 is 0 Å². The van der Waals surface area contributed by atoms with E-state index in [1.54, 1.807) is 31.8 Å². The first-order valence-corrected chi connectivity index (χ1v) is 15.0. The van der Waals surface area contributed by atoms with E-state index in [0.29, 0.717) is 11.3 Å². The van der Waals surface area contributed by atoms with Crippen molar-refractivity contribution in [3.05, 3.63) is 23.3 Å². The molecule has 2 aliphatic rings. The highest BCUT2D eigenvalue weighted by Crippen LogP contribution is 2.45. The molecule has 242 valence electrons. The summed E-state index contributed by atoms with van der Waals surface area (Å²) in [5.74, 6) is -2.95. The number of carboxylic acids is 1. The third kappa shape index (κ3) is 8.01. The lowest BCUT2D eigenvalue weighted by Crippen LogP contribution is -2.63. The van der Waals surface area contributed by atoms with Gasteiger partial charge in [0.15, 0.2) is 34.7 Å². The number of oxime groups is 1. The number of rotatable bonds is 12. The molecule has 0 unspecified atom stereocenters. The Bertz CT molecular complexity index is 1560. The molecular weight excluding hydrogens is 634 g/mol. The third-order valence-electron chi connectivity index (χ3n) is 6.35. The summed E-state index contributed by atoms with van der Waals surface area (Å²) in [5, 5.41) is 20.9. The zero-order valence-electron chi connectivity index (χ0n) is 24.3. The van der Waals surface area contributed by atoms with Crippen molar-refractivity contribution in [2.24, 2.45) is 23.9 Å². The molecule has 2 atom stereocenters. The lowest BCUT2D eigenvalue weighted by Gasteiger charge is -2.50. The molecule has 0 saturated carbocycles. The van der Waals surface area contributed by atoms with Gasteiger partial charge in [-0.05, 0) is 13.8 Å². The predicted molar refractivity (Wildman–Crippen MR) is 156 cm³/mol. The van der Waals surface area contributed by atoms with Crippen LogP contribution in [0.2, 0.25) is 0 Å². The summed E-state index contributed by atoms with van der Waals surface area (Å²) in [6.07, 6.45) is 1.21. The largest absolute Gasteiger partial charge is 0.543 e. The van der Waals surface area contributed by atoms with Crippen LogP contribution in [0.25, 0.3) is 0 Å². The summed E-state index contributed by atoms with van der Waals surface area (Å²) in [6.45, 7) is 4.03. The number of aliphatic carboxylic acids is 1. The summed E-state index contributed by atoms with van der Waals surface area (Å²) < 4.78 is 7.17. The first-order valence-electron chi connectivity index (χ1n) is 13.2. The fourth-order valence-corrected chi connectivity index (χ4v) is 6.18. The lowest BCUT2D eigenvalue weighted by molar-refractivity contribution is -0.765. The van der Waals surface area contributed by atoms with Gasteiger partial charge in [0.25, 0.3) is 0 Å². The van der Waals surface area contributed by atoms with Crippen LogP contribution in [0, 0.1) is 5.92 Å². The van der Waals surface area contributed by atoms with Crippen LogP contribution in [0.4, 0.5) is 21.4 Å². The van der Waals surface area contributed by atoms with E-state index in [1.807, 2.05) is 0 Å². The van der Waals surface area contributed by atoms with Crippen molar-refractivity contribution in [1.82, 2.24) is 24.3 Å². The molecule has 21 heteroatoms. The molecule has 4 rings (SSSR count). The van der Waals surface area contributed by atoms with Crippen molar-refractivity contribution in [3.63, 3.8) is 0 Å². The number of Topliss-reactive ketones (excluding diaryl/α,β-unsaturated/α-hetero) is 1. The molecule has 0 bridgehead atoms. The fraction of sp³-hybridized carbons (Fsp3) is 0.458. The maximum Gasteiger partial charge on any atom is 0.373 e. The van der Waals surface area contributed by atoms with Crippen molar-refractivity contribution in [2.45, 2.75) is 38.3 Å². The van der Waals surface area contributed by atoms with E-state index in [-0.39, 0.29) is 72.2 Å². The van der Waals surface area contributed by atoms with Crippen molar-refractivity contribution in [1.29, 1.82) is 0 Å². The number of nitrogens with zero attached hydrogens (tertiary/aromatic N) is 6. The number of thioether (sulfide) groups is 1. The Labute approximate surface area is 263 Å². The Morgan fingerprint density at radius 3 is 2.58 bits per heavy atom. The number of nitrogens with one attached hydrogen (secondary N) is 2. The molecule has 0 aromatic carbocycles. The van der Waals surface area contributed by atoms with E-state index in [1.165, 1.54) is 16.4 Å². The van der Waals surface area contributed by atoms with E-state index in [0.717, 1.165) is 16.4 Å². The Morgan fingerprint density at radius 1 is 1.31 bits per heavy atom. The molecule has 3 amide bonds. The lowest BCUT2D eigenvalue weighted by atomic mass is 9.89. The quantitative estimate of drug-likeness (QED) is 0.0660. The van der Waals surface area contributed by atoms with E-state index in [4.69, 9.17) is 31.6 Å². The molecule has 2 aromatic rings. The minimum absolute atomic E-state index is 0.00901. The molecule has 2 aliphatic heterocycles. The molecule has 0 spiro atoms. The van der Waals surface area contributed by atoms with E-state index < -0.39 is 35.0 Å². The van der Waals surface area contributed by atoms with Crippen LogP contribution in [0.3, 0.4) is 0 Å². The van der Waals surface area contributed by atoms with Crippen LogP contribution in [0.1, 0.15) is 26.1 Å². The second-order valence-electron chi connectivity index (χ2n) is 9.74. The van der Waals surface area contributed by atoms with Crippen molar-refractivity contribution < 1.29 is 43.4 Å². The number of carbonyl (C=O) groups is 4. The predicted octanol–water partition coefficient (Wildman–Crippen LogP) is -2.85. The van der Waals surface area contributed by atoms with Crippen LogP contribution in [0.5, 0.6) is 0 Å². The molecule has 19 nitrogen and oxygen atoms in total. The average molecular weight is 666 g/mol. The molecule has 1 saturated heterocycles. The SMILES string of the molecule is CC(C)O/N=C(/C(=O)C[C@@H]1C(=O)N2C(C(=O)[O-])=C(C[n+]3cc(NC(=O)NCCN)c(N)n3C)CS[C@H]12)c1nsc(N)n1.O=C=O. The number of carboxylic acid groups (broad SMARTS) is 1. The molecule has 1 fully saturated rings. The van der Waals surface area contributed by atoms with Gasteiger partial charge in [-0.2, -0.15) is 18.9 Å². The van der Waals surface area contributed by atoms with Crippen LogP contribution in [-0.2, 0) is 42.4 Å². The number of nitrogens with two attached hydrogens (primary N) is 3. The van der Waals surface area contributed by atoms with E-state index in [2.05, 4.69) is 25.1 Å². The van der Waals surface area contributed by atoms with Crippen LogP contribution in [0.15, 0.2) is 22.6 Å². The minimum Gasteiger partial charge on any atom is -0.543 e. The Balaban J connectivity index is 0.00000177. The molecule has 45 heavy (non-hydrogen) atoms. The van der Waals surface area contributed by atoms with Crippen LogP contribution >= 0.6 is 23.3 Å². The van der Waals surface area contributed by atoms with Gasteiger partial charge in [0.2, 0.25) is 17.9 Å². The van der Waals surface area contributed by atoms with Gasteiger partial charge in [0, 0.05) is 42.4 Å². The highest BCUT2D eigenvalue weighted by atomic mass is 32.2. The average Bonchev–Trinajstić information content (AvgIpc) is 3.52.